The molecule has 2 N–H and O–H groups in total. The van der Waals surface area contributed by atoms with Gasteiger partial charge < -0.3 is 5.73 Å². The van der Waals surface area contributed by atoms with Gasteiger partial charge in [-0.3, -0.25) is 0 Å². The Morgan fingerprint density at radius 1 is 1.15 bits per heavy atom. The molecule has 0 aliphatic rings. The first-order valence-electron chi connectivity index (χ1n) is 5.96. The van der Waals surface area contributed by atoms with Crippen LogP contribution in [-0.2, 0) is 16.6 Å². The lowest BCUT2D eigenvalue weighted by molar-refractivity contribution is 0.467. The summed E-state index contributed by atoms with van der Waals surface area (Å²) < 4.78 is 26.9. The number of nitrogens with zero attached hydrogens (tertiary/aromatic N) is 1. The van der Waals surface area contributed by atoms with Gasteiger partial charge in [0.15, 0.2) is 0 Å². The summed E-state index contributed by atoms with van der Waals surface area (Å²) in [7, 11) is -1.99. The van der Waals surface area contributed by atoms with Crippen molar-refractivity contribution in [2.45, 2.75) is 11.4 Å². The van der Waals surface area contributed by atoms with Crippen LogP contribution in [-0.4, -0.2) is 19.8 Å². The summed E-state index contributed by atoms with van der Waals surface area (Å²) in [6.45, 7) is 0.319. The van der Waals surface area contributed by atoms with Gasteiger partial charge in [-0.15, -0.1) is 0 Å². The third-order valence-electron chi connectivity index (χ3n) is 2.92. The van der Waals surface area contributed by atoms with Crippen LogP contribution >= 0.6 is 15.9 Å². The number of hydrogen-bond donors (Lipinski definition) is 1. The average molecular weight is 355 g/mol. The van der Waals surface area contributed by atoms with Crippen molar-refractivity contribution in [3.05, 3.63) is 58.6 Å². The number of nitrogens with two attached hydrogens (primary N) is 1. The largest absolute Gasteiger partial charge is 0.398 e. The maximum absolute atomic E-state index is 12.5. The van der Waals surface area contributed by atoms with Crippen molar-refractivity contribution in [2.24, 2.45) is 0 Å². The topological polar surface area (TPSA) is 63.4 Å². The molecule has 2 aromatic carbocycles. The molecule has 4 nitrogen and oxygen atoms in total. The third kappa shape index (κ3) is 3.20. The highest BCUT2D eigenvalue weighted by molar-refractivity contribution is 9.10. The first-order chi connectivity index (χ1) is 9.41. The van der Waals surface area contributed by atoms with E-state index in [1.54, 1.807) is 13.1 Å². The smallest absolute Gasteiger partial charge is 0.243 e. The standard InChI is InChI=1S/C14H15BrN2O2S/c1-17(10-11-5-3-2-4-6-11)20(18,19)12-7-8-13(15)14(16)9-12/h2-9H,10,16H2,1H3. The van der Waals surface area contributed by atoms with Crippen LogP contribution in [0.15, 0.2) is 57.9 Å². The van der Waals surface area contributed by atoms with Crippen molar-refractivity contribution in [2.75, 3.05) is 12.8 Å². The molecular weight excluding hydrogens is 340 g/mol. The van der Waals surface area contributed by atoms with E-state index in [0.29, 0.717) is 16.7 Å². The molecule has 6 heteroatoms. The van der Waals surface area contributed by atoms with Crippen LogP contribution in [0.25, 0.3) is 0 Å². The Labute approximate surface area is 127 Å². The molecule has 0 heterocycles. The molecule has 0 aliphatic heterocycles. The van der Waals surface area contributed by atoms with Gasteiger partial charge in [0.25, 0.3) is 0 Å². The van der Waals surface area contributed by atoms with Crippen molar-refractivity contribution in [1.82, 2.24) is 4.31 Å². The predicted octanol–water partition coefficient (Wildman–Crippen LogP) is 2.85. The molecule has 20 heavy (non-hydrogen) atoms. The first-order valence-corrected chi connectivity index (χ1v) is 8.20. The van der Waals surface area contributed by atoms with Gasteiger partial charge >= 0.3 is 0 Å². The normalized spacial score (nSPS) is 11.8. The number of hydrogen-bond acceptors (Lipinski definition) is 3. The summed E-state index contributed by atoms with van der Waals surface area (Å²) in [4.78, 5) is 0.191. The predicted molar refractivity (Wildman–Crippen MR) is 83.6 cm³/mol. The summed E-state index contributed by atoms with van der Waals surface area (Å²) >= 11 is 3.25. The van der Waals surface area contributed by atoms with Gasteiger partial charge in [0.1, 0.15) is 0 Å². The molecule has 2 rings (SSSR count). The van der Waals surface area contributed by atoms with E-state index in [2.05, 4.69) is 15.9 Å². The van der Waals surface area contributed by atoms with Gasteiger partial charge in [-0.1, -0.05) is 30.3 Å². The van der Waals surface area contributed by atoms with Crippen molar-refractivity contribution < 1.29 is 8.42 Å². The highest BCUT2D eigenvalue weighted by Gasteiger charge is 2.21. The molecule has 0 atom stereocenters. The summed E-state index contributed by atoms with van der Waals surface area (Å²) in [5.41, 5.74) is 7.08. The molecule has 2 aromatic rings. The lowest BCUT2D eigenvalue weighted by Crippen LogP contribution is -2.26. The Morgan fingerprint density at radius 3 is 2.40 bits per heavy atom. The van der Waals surface area contributed by atoms with E-state index in [1.165, 1.54) is 16.4 Å². The zero-order valence-electron chi connectivity index (χ0n) is 11.0. The Balaban J connectivity index is 2.27. The van der Waals surface area contributed by atoms with Crippen LogP contribution in [0, 0.1) is 0 Å². The van der Waals surface area contributed by atoms with E-state index in [0.717, 1.165) is 5.56 Å². The van der Waals surface area contributed by atoms with Crippen molar-refractivity contribution >= 4 is 31.6 Å². The van der Waals surface area contributed by atoms with Gasteiger partial charge in [0.2, 0.25) is 10.0 Å². The Hall–Kier alpha value is -1.37. The molecule has 0 fully saturated rings. The van der Waals surface area contributed by atoms with E-state index in [1.807, 2.05) is 30.3 Å². The van der Waals surface area contributed by atoms with Crippen LogP contribution in [0.2, 0.25) is 0 Å². The second-order valence-electron chi connectivity index (χ2n) is 4.43. The molecule has 0 radical (unpaired) electrons. The van der Waals surface area contributed by atoms with E-state index in [4.69, 9.17) is 5.73 Å². The minimum Gasteiger partial charge on any atom is -0.398 e. The fourth-order valence-electron chi connectivity index (χ4n) is 1.79. The molecule has 0 bridgehead atoms. The molecule has 0 unspecified atom stereocenters. The second-order valence-corrected chi connectivity index (χ2v) is 7.33. The van der Waals surface area contributed by atoms with Gasteiger partial charge in [-0.25, -0.2) is 8.42 Å². The van der Waals surface area contributed by atoms with Gasteiger partial charge in [-0.2, -0.15) is 4.31 Å². The highest BCUT2D eigenvalue weighted by Crippen LogP contribution is 2.25. The number of sulfonamides is 1. The van der Waals surface area contributed by atoms with Crippen molar-refractivity contribution in [3.8, 4) is 0 Å². The van der Waals surface area contributed by atoms with Crippen LogP contribution in [0.5, 0.6) is 0 Å². The number of benzene rings is 2. The highest BCUT2D eigenvalue weighted by atomic mass is 79.9. The fourth-order valence-corrected chi connectivity index (χ4v) is 3.23. The summed E-state index contributed by atoms with van der Waals surface area (Å²) in [6.07, 6.45) is 0. The zero-order chi connectivity index (χ0) is 14.8. The molecule has 0 saturated heterocycles. The van der Waals surface area contributed by atoms with Gasteiger partial charge in [0, 0.05) is 23.8 Å². The zero-order valence-corrected chi connectivity index (χ0v) is 13.4. The van der Waals surface area contributed by atoms with Gasteiger partial charge in [0.05, 0.1) is 4.90 Å². The Morgan fingerprint density at radius 2 is 1.80 bits per heavy atom. The minimum atomic E-state index is -3.54. The molecule has 0 spiro atoms. The summed E-state index contributed by atoms with van der Waals surface area (Å²) in [5.74, 6) is 0. The monoisotopic (exact) mass is 354 g/mol. The maximum atomic E-state index is 12.5. The number of anilines is 1. The SMILES string of the molecule is CN(Cc1ccccc1)S(=O)(=O)c1ccc(Br)c(N)c1. The molecule has 106 valence electrons. The van der Waals surface area contributed by atoms with Crippen LogP contribution in [0.4, 0.5) is 5.69 Å². The number of nitrogen functional groups attached to an aromatic ring is 1. The lowest BCUT2D eigenvalue weighted by Gasteiger charge is -2.17. The molecule has 0 aliphatic carbocycles. The number of halogens is 1. The van der Waals surface area contributed by atoms with Gasteiger partial charge in [-0.05, 0) is 39.7 Å². The summed E-state index contributed by atoms with van der Waals surface area (Å²) in [6, 6.07) is 14.1. The maximum Gasteiger partial charge on any atom is 0.243 e. The van der Waals surface area contributed by atoms with E-state index in [-0.39, 0.29) is 4.90 Å². The van der Waals surface area contributed by atoms with E-state index in [9.17, 15) is 8.42 Å². The quantitative estimate of drug-likeness (QED) is 0.858. The Bertz CT molecular complexity index is 702. The Kier molecular flexibility index (Phi) is 4.47. The van der Waals surface area contributed by atoms with Crippen molar-refractivity contribution in [1.29, 1.82) is 0 Å². The molecule has 0 saturated carbocycles. The molecular formula is C14H15BrN2O2S. The first kappa shape index (κ1) is 15.0. The van der Waals surface area contributed by atoms with E-state index < -0.39 is 10.0 Å². The average Bonchev–Trinajstić information content (AvgIpc) is 2.42. The van der Waals surface area contributed by atoms with Crippen LogP contribution < -0.4 is 5.73 Å². The minimum absolute atomic E-state index is 0.191. The molecule has 0 aromatic heterocycles. The van der Waals surface area contributed by atoms with Crippen molar-refractivity contribution in [3.63, 3.8) is 0 Å². The number of rotatable bonds is 4. The lowest BCUT2D eigenvalue weighted by atomic mass is 10.2. The van der Waals surface area contributed by atoms with E-state index >= 15 is 0 Å². The fraction of sp³-hybridized carbons (Fsp3) is 0.143. The summed E-state index contributed by atoms with van der Waals surface area (Å²) in [5, 5.41) is 0. The van der Waals surface area contributed by atoms with Crippen LogP contribution in [0.1, 0.15) is 5.56 Å². The van der Waals surface area contributed by atoms with Crippen LogP contribution in [0.3, 0.4) is 0 Å². The third-order valence-corrected chi connectivity index (χ3v) is 5.45. The second kappa shape index (κ2) is 5.95. The molecule has 0 amide bonds.